The van der Waals surface area contributed by atoms with E-state index in [1.54, 1.807) is 0 Å². The quantitative estimate of drug-likeness (QED) is 0.407. The van der Waals surface area contributed by atoms with Gasteiger partial charge in [0.05, 0.1) is 11.0 Å². The Morgan fingerprint density at radius 3 is 2.80 bits per heavy atom. The van der Waals surface area contributed by atoms with Crippen LogP contribution in [0.5, 0.6) is 0 Å². The molecule has 15 heavy (non-hydrogen) atoms. The third kappa shape index (κ3) is 2.25. The molecule has 0 amide bonds. The predicted molar refractivity (Wildman–Crippen MR) is 47.5 cm³/mol. The van der Waals surface area contributed by atoms with Crippen LogP contribution in [-0.2, 0) is 0 Å². The van der Waals surface area contributed by atoms with E-state index in [9.17, 15) is 15.2 Å². The summed E-state index contributed by atoms with van der Waals surface area (Å²) in [6.45, 7) is 0. The van der Waals surface area contributed by atoms with Crippen molar-refractivity contribution in [3.63, 3.8) is 0 Å². The van der Waals surface area contributed by atoms with Crippen molar-refractivity contribution in [2.45, 2.75) is 12.2 Å². The summed E-state index contributed by atoms with van der Waals surface area (Å²) in [6.07, 6.45) is -2.19. The molecule has 2 unspecified atom stereocenters. The Morgan fingerprint density at radius 1 is 1.60 bits per heavy atom. The van der Waals surface area contributed by atoms with Gasteiger partial charge in [-0.25, -0.2) is 0 Å². The zero-order valence-corrected chi connectivity index (χ0v) is 7.44. The highest BCUT2D eigenvalue weighted by Gasteiger charge is 2.27. The molecule has 0 saturated carbocycles. The number of rotatable bonds is 3. The second-order valence-corrected chi connectivity index (χ2v) is 2.68. The Morgan fingerprint density at radius 2 is 2.27 bits per heavy atom. The van der Waals surface area contributed by atoms with Crippen LogP contribution in [-0.4, -0.2) is 26.2 Å². The number of nitro groups is 1. The topological polar surface area (TPSA) is 120 Å². The molecule has 1 heterocycles. The first-order valence-electron chi connectivity index (χ1n) is 3.93. The average molecular weight is 209 g/mol. The van der Waals surface area contributed by atoms with Crippen molar-refractivity contribution in [1.82, 2.24) is 4.98 Å². The third-order valence-corrected chi connectivity index (χ3v) is 1.72. The van der Waals surface area contributed by atoms with Crippen LogP contribution in [0, 0.1) is 21.4 Å². The normalized spacial score (nSPS) is 13.9. The van der Waals surface area contributed by atoms with Crippen LogP contribution < -0.4 is 0 Å². The summed E-state index contributed by atoms with van der Waals surface area (Å²) in [5.41, 5.74) is -0.754. The van der Waals surface area contributed by atoms with Gasteiger partial charge in [0, 0.05) is 12.3 Å². The zero-order chi connectivity index (χ0) is 11.4. The van der Waals surface area contributed by atoms with E-state index in [-0.39, 0.29) is 5.69 Å². The first-order chi connectivity index (χ1) is 7.07. The zero-order valence-electron chi connectivity index (χ0n) is 7.44. The Hall–Kier alpha value is -2.04. The molecule has 0 aromatic carbocycles. The summed E-state index contributed by atoms with van der Waals surface area (Å²) < 4.78 is 0. The van der Waals surface area contributed by atoms with Crippen molar-refractivity contribution in [2.75, 3.05) is 0 Å². The molecule has 2 N–H and O–H groups in total. The second-order valence-electron chi connectivity index (χ2n) is 2.68. The molecule has 0 aliphatic carbocycles. The van der Waals surface area contributed by atoms with Crippen molar-refractivity contribution in [1.29, 1.82) is 5.26 Å². The van der Waals surface area contributed by atoms with Gasteiger partial charge in [-0.05, 0) is 6.07 Å². The highest BCUT2D eigenvalue weighted by Crippen LogP contribution is 2.24. The molecule has 0 spiro atoms. The maximum Gasteiger partial charge on any atom is 0.293 e. The Bertz CT molecular complexity index is 415. The molecular formula is C8H7N3O4. The summed E-state index contributed by atoms with van der Waals surface area (Å²) in [7, 11) is 0. The highest BCUT2D eigenvalue weighted by molar-refractivity contribution is 5.36. The Balaban J connectivity index is 3.14. The number of hydrogen-bond acceptors (Lipinski definition) is 6. The number of nitriles is 1. The molecule has 0 saturated heterocycles. The van der Waals surface area contributed by atoms with Gasteiger partial charge in [0.1, 0.15) is 6.10 Å². The monoisotopic (exact) mass is 209 g/mol. The van der Waals surface area contributed by atoms with Crippen molar-refractivity contribution in [3.8, 4) is 6.07 Å². The van der Waals surface area contributed by atoms with Gasteiger partial charge in [0.2, 0.25) is 0 Å². The standard InChI is InChI=1S/C8H7N3O4/c9-4-6(12)8(13)7-5(11(14)15)2-1-3-10-7/h1-3,6,8,12-13H. The van der Waals surface area contributed by atoms with Gasteiger partial charge < -0.3 is 10.2 Å². The van der Waals surface area contributed by atoms with Crippen molar-refractivity contribution in [3.05, 3.63) is 34.1 Å². The van der Waals surface area contributed by atoms with Crippen molar-refractivity contribution >= 4 is 5.69 Å². The molecule has 7 heteroatoms. The lowest BCUT2D eigenvalue weighted by molar-refractivity contribution is -0.386. The van der Waals surface area contributed by atoms with Crippen LogP contribution in [0.3, 0.4) is 0 Å². The van der Waals surface area contributed by atoms with E-state index >= 15 is 0 Å². The SMILES string of the molecule is N#CC(O)C(O)c1ncccc1[N+](=O)[O-]. The fourth-order valence-corrected chi connectivity index (χ4v) is 1.01. The summed E-state index contributed by atoms with van der Waals surface area (Å²) in [5.74, 6) is 0. The molecule has 0 aliphatic heterocycles. The van der Waals surface area contributed by atoms with E-state index in [4.69, 9.17) is 10.4 Å². The Kier molecular flexibility index (Phi) is 3.28. The fourth-order valence-electron chi connectivity index (χ4n) is 1.01. The van der Waals surface area contributed by atoms with Crippen LogP contribution in [0.2, 0.25) is 0 Å². The van der Waals surface area contributed by atoms with Crippen LogP contribution in [0.1, 0.15) is 11.8 Å². The largest absolute Gasteiger partial charge is 0.383 e. The molecule has 1 aromatic heterocycles. The number of pyridine rings is 1. The van der Waals surface area contributed by atoms with Gasteiger partial charge in [-0.1, -0.05) is 0 Å². The fraction of sp³-hybridized carbons (Fsp3) is 0.250. The number of aliphatic hydroxyl groups excluding tert-OH is 2. The summed E-state index contributed by atoms with van der Waals surface area (Å²) >= 11 is 0. The molecule has 78 valence electrons. The summed E-state index contributed by atoms with van der Waals surface area (Å²) in [4.78, 5) is 13.4. The molecule has 1 aromatic rings. The molecule has 1 rings (SSSR count). The number of aromatic nitrogens is 1. The number of hydrogen-bond donors (Lipinski definition) is 2. The maximum absolute atomic E-state index is 10.5. The lowest BCUT2D eigenvalue weighted by Gasteiger charge is -2.10. The molecule has 0 fully saturated rings. The van der Waals surface area contributed by atoms with E-state index in [0.29, 0.717) is 0 Å². The van der Waals surface area contributed by atoms with Crippen LogP contribution in [0.4, 0.5) is 5.69 Å². The van der Waals surface area contributed by atoms with Crippen molar-refractivity contribution in [2.24, 2.45) is 0 Å². The number of nitrogens with zero attached hydrogens (tertiary/aromatic N) is 3. The average Bonchev–Trinajstić information content (AvgIpc) is 2.27. The lowest BCUT2D eigenvalue weighted by atomic mass is 10.1. The summed E-state index contributed by atoms with van der Waals surface area (Å²) in [6, 6.07) is 3.83. The smallest absolute Gasteiger partial charge is 0.293 e. The van der Waals surface area contributed by atoms with E-state index in [1.807, 2.05) is 0 Å². The first-order valence-corrected chi connectivity index (χ1v) is 3.93. The number of aliphatic hydroxyl groups is 2. The summed E-state index contributed by atoms with van der Waals surface area (Å²) in [5, 5.41) is 37.3. The predicted octanol–water partition coefficient (Wildman–Crippen LogP) is -0.0923. The first kappa shape index (κ1) is 11.0. The highest BCUT2D eigenvalue weighted by atomic mass is 16.6. The Labute approximate surface area is 84.4 Å². The minimum atomic E-state index is -1.74. The van der Waals surface area contributed by atoms with Gasteiger partial charge >= 0.3 is 0 Å². The van der Waals surface area contributed by atoms with E-state index in [1.165, 1.54) is 18.3 Å². The van der Waals surface area contributed by atoms with Gasteiger partial charge in [-0.15, -0.1) is 0 Å². The van der Waals surface area contributed by atoms with E-state index in [2.05, 4.69) is 4.98 Å². The molecule has 7 nitrogen and oxygen atoms in total. The maximum atomic E-state index is 10.5. The van der Waals surface area contributed by atoms with Crippen LogP contribution in [0.25, 0.3) is 0 Å². The van der Waals surface area contributed by atoms with Gasteiger partial charge in [0.15, 0.2) is 11.8 Å². The lowest BCUT2D eigenvalue weighted by Crippen LogP contribution is -2.18. The van der Waals surface area contributed by atoms with Crippen molar-refractivity contribution < 1.29 is 15.1 Å². The second kappa shape index (κ2) is 4.45. The molecule has 0 bridgehead atoms. The minimum absolute atomic E-state index is 0.323. The van der Waals surface area contributed by atoms with Gasteiger partial charge in [0.25, 0.3) is 5.69 Å². The van der Waals surface area contributed by atoms with Crippen LogP contribution in [0.15, 0.2) is 18.3 Å². The van der Waals surface area contributed by atoms with Gasteiger partial charge in [-0.3, -0.25) is 15.1 Å². The van der Waals surface area contributed by atoms with Gasteiger partial charge in [-0.2, -0.15) is 5.26 Å². The molecule has 2 atom stereocenters. The molecule has 0 aliphatic rings. The van der Waals surface area contributed by atoms with E-state index < -0.39 is 22.8 Å². The molecule has 0 radical (unpaired) electrons. The van der Waals surface area contributed by atoms with E-state index in [0.717, 1.165) is 6.07 Å². The minimum Gasteiger partial charge on any atom is -0.383 e. The third-order valence-electron chi connectivity index (χ3n) is 1.72. The molecular weight excluding hydrogens is 202 g/mol. The van der Waals surface area contributed by atoms with Crippen LogP contribution >= 0.6 is 0 Å².